The molecule has 0 bridgehead atoms. The van der Waals surface area contributed by atoms with Gasteiger partial charge in [0.2, 0.25) is 0 Å². The summed E-state index contributed by atoms with van der Waals surface area (Å²) in [7, 11) is 0. The summed E-state index contributed by atoms with van der Waals surface area (Å²) in [6.07, 6.45) is 0. The number of aryl methyl sites for hydroxylation is 2. The van der Waals surface area contributed by atoms with Gasteiger partial charge in [-0.05, 0) is 25.5 Å². The average molecular weight is 341 g/mol. The van der Waals surface area contributed by atoms with Gasteiger partial charge in [-0.25, -0.2) is 14.8 Å². The van der Waals surface area contributed by atoms with Gasteiger partial charge >= 0.3 is 6.03 Å². The van der Waals surface area contributed by atoms with E-state index < -0.39 is 0 Å². The number of carbonyl (C=O) groups is 1. The summed E-state index contributed by atoms with van der Waals surface area (Å²) < 4.78 is 5.38. The van der Waals surface area contributed by atoms with E-state index in [9.17, 15) is 4.79 Å². The normalized spacial score (nSPS) is 14.2. The van der Waals surface area contributed by atoms with E-state index in [0.29, 0.717) is 19.0 Å². The van der Waals surface area contributed by atoms with Crippen LogP contribution in [0.2, 0.25) is 0 Å². The van der Waals surface area contributed by atoms with Crippen LogP contribution in [0.5, 0.6) is 0 Å². The number of para-hydroxylation sites is 1. The second-order valence-corrected chi connectivity index (χ2v) is 6.01. The van der Waals surface area contributed by atoms with Gasteiger partial charge in [0.1, 0.15) is 11.6 Å². The summed E-state index contributed by atoms with van der Waals surface area (Å²) in [6.45, 7) is 7.20. The Labute approximate surface area is 147 Å². The fourth-order valence-electron chi connectivity index (χ4n) is 2.68. The fourth-order valence-corrected chi connectivity index (χ4v) is 2.68. The standard InChI is InChI=1S/C18H23N5O2/c1-13-5-3-4-6-15(13)21-18(24)19-12-16-20-14(2)11-17(22-16)23-7-9-25-10-8-23/h3-6,11H,7-10,12H2,1-2H3,(H2,19,21,24). The Morgan fingerprint density at radius 2 is 1.96 bits per heavy atom. The minimum atomic E-state index is -0.271. The lowest BCUT2D eigenvalue weighted by atomic mass is 10.2. The Hall–Kier alpha value is -2.67. The second-order valence-electron chi connectivity index (χ2n) is 6.01. The van der Waals surface area contributed by atoms with Crippen LogP contribution in [-0.2, 0) is 11.3 Å². The van der Waals surface area contributed by atoms with E-state index >= 15 is 0 Å². The first-order valence-electron chi connectivity index (χ1n) is 8.39. The predicted octanol–water partition coefficient (Wildman–Crippen LogP) is 2.25. The SMILES string of the molecule is Cc1cc(N2CCOCC2)nc(CNC(=O)Nc2ccccc2C)n1. The molecule has 2 aromatic rings. The third kappa shape index (κ3) is 4.67. The first-order valence-corrected chi connectivity index (χ1v) is 8.39. The Morgan fingerprint density at radius 1 is 1.20 bits per heavy atom. The first-order chi connectivity index (χ1) is 12.1. The van der Waals surface area contributed by atoms with Crippen molar-refractivity contribution in [1.82, 2.24) is 15.3 Å². The van der Waals surface area contributed by atoms with Crippen LogP contribution in [0.1, 0.15) is 17.1 Å². The largest absolute Gasteiger partial charge is 0.378 e. The maximum atomic E-state index is 12.1. The Kier molecular flexibility index (Phi) is 5.45. The van der Waals surface area contributed by atoms with E-state index in [2.05, 4.69) is 25.5 Å². The maximum Gasteiger partial charge on any atom is 0.319 e. The van der Waals surface area contributed by atoms with Crippen molar-refractivity contribution in [3.05, 3.63) is 47.4 Å². The molecule has 0 saturated carbocycles. The number of hydrogen-bond acceptors (Lipinski definition) is 5. The molecular formula is C18H23N5O2. The van der Waals surface area contributed by atoms with Crippen molar-refractivity contribution in [2.45, 2.75) is 20.4 Å². The summed E-state index contributed by atoms with van der Waals surface area (Å²) >= 11 is 0. The number of morpholine rings is 1. The molecule has 0 atom stereocenters. The van der Waals surface area contributed by atoms with Crippen LogP contribution < -0.4 is 15.5 Å². The number of hydrogen-bond donors (Lipinski definition) is 2. The number of rotatable bonds is 4. The van der Waals surface area contributed by atoms with Gasteiger partial charge in [-0.15, -0.1) is 0 Å². The Bertz CT molecular complexity index is 744. The van der Waals surface area contributed by atoms with Gasteiger partial charge in [0, 0.05) is 30.5 Å². The van der Waals surface area contributed by atoms with Crippen LogP contribution in [0.25, 0.3) is 0 Å². The van der Waals surface area contributed by atoms with E-state index in [-0.39, 0.29) is 12.6 Å². The zero-order chi connectivity index (χ0) is 17.6. The van der Waals surface area contributed by atoms with Gasteiger partial charge in [-0.3, -0.25) is 0 Å². The molecule has 3 rings (SSSR count). The molecule has 7 nitrogen and oxygen atoms in total. The molecule has 1 aliphatic heterocycles. The minimum Gasteiger partial charge on any atom is -0.378 e. The molecule has 2 amide bonds. The van der Waals surface area contributed by atoms with Crippen LogP contribution in [0.3, 0.4) is 0 Å². The first kappa shape index (κ1) is 17.2. The van der Waals surface area contributed by atoms with E-state index in [1.807, 2.05) is 44.2 Å². The van der Waals surface area contributed by atoms with Crippen molar-refractivity contribution in [3.8, 4) is 0 Å². The predicted molar refractivity (Wildman–Crippen MR) is 96.8 cm³/mol. The van der Waals surface area contributed by atoms with Crippen molar-refractivity contribution < 1.29 is 9.53 Å². The molecule has 0 aliphatic carbocycles. The van der Waals surface area contributed by atoms with Gasteiger partial charge in [-0.1, -0.05) is 18.2 Å². The lowest BCUT2D eigenvalue weighted by Gasteiger charge is -2.28. The van der Waals surface area contributed by atoms with E-state index in [1.54, 1.807) is 0 Å². The summed E-state index contributed by atoms with van der Waals surface area (Å²) in [5.74, 6) is 1.48. The quantitative estimate of drug-likeness (QED) is 0.892. The molecule has 1 aromatic heterocycles. The molecule has 1 aliphatic rings. The molecule has 0 spiro atoms. The Morgan fingerprint density at radius 3 is 2.72 bits per heavy atom. The third-order valence-corrected chi connectivity index (χ3v) is 4.02. The van der Waals surface area contributed by atoms with Crippen LogP contribution in [-0.4, -0.2) is 42.3 Å². The highest BCUT2D eigenvalue weighted by atomic mass is 16.5. The maximum absolute atomic E-state index is 12.1. The number of benzene rings is 1. The second kappa shape index (κ2) is 7.94. The highest BCUT2D eigenvalue weighted by molar-refractivity contribution is 5.89. The minimum absolute atomic E-state index is 0.271. The number of nitrogens with zero attached hydrogens (tertiary/aromatic N) is 3. The number of amides is 2. The van der Waals surface area contributed by atoms with E-state index in [4.69, 9.17) is 4.74 Å². The molecule has 7 heteroatoms. The van der Waals surface area contributed by atoms with Gasteiger partial charge in [0.05, 0.1) is 19.8 Å². The highest BCUT2D eigenvalue weighted by Gasteiger charge is 2.14. The average Bonchev–Trinajstić information content (AvgIpc) is 2.62. The summed E-state index contributed by atoms with van der Waals surface area (Å²) in [5.41, 5.74) is 2.69. The van der Waals surface area contributed by atoms with Gasteiger partial charge < -0.3 is 20.3 Å². The number of urea groups is 1. The lowest BCUT2D eigenvalue weighted by molar-refractivity contribution is 0.122. The number of ether oxygens (including phenoxy) is 1. The molecular weight excluding hydrogens is 318 g/mol. The van der Waals surface area contributed by atoms with Crippen molar-refractivity contribution in [2.24, 2.45) is 0 Å². The van der Waals surface area contributed by atoms with Crippen molar-refractivity contribution >= 4 is 17.5 Å². The molecule has 2 N–H and O–H groups in total. The highest BCUT2D eigenvalue weighted by Crippen LogP contribution is 2.15. The third-order valence-electron chi connectivity index (χ3n) is 4.02. The van der Waals surface area contributed by atoms with Crippen molar-refractivity contribution in [3.63, 3.8) is 0 Å². The van der Waals surface area contributed by atoms with Crippen molar-refractivity contribution in [1.29, 1.82) is 0 Å². The molecule has 1 saturated heterocycles. The molecule has 1 aromatic carbocycles. The monoisotopic (exact) mass is 341 g/mol. The smallest absolute Gasteiger partial charge is 0.319 e. The number of carbonyl (C=O) groups excluding carboxylic acids is 1. The van der Waals surface area contributed by atoms with E-state index in [1.165, 1.54) is 0 Å². The van der Waals surface area contributed by atoms with Gasteiger partial charge in [-0.2, -0.15) is 0 Å². The molecule has 0 radical (unpaired) electrons. The fraction of sp³-hybridized carbons (Fsp3) is 0.389. The molecule has 2 heterocycles. The molecule has 1 fully saturated rings. The van der Waals surface area contributed by atoms with Gasteiger partial charge in [0.25, 0.3) is 0 Å². The summed E-state index contributed by atoms with van der Waals surface area (Å²) in [5, 5.41) is 5.65. The molecule has 0 unspecified atom stereocenters. The topological polar surface area (TPSA) is 79.4 Å². The molecule has 132 valence electrons. The summed E-state index contributed by atoms with van der Waals surface area (Å²) in [6, 6.07) is 9.34. The lowest BCUT2D eigenvalue weighted by Crippen LogP contribution is -2.37. The molecule has 25 heavy (non-hydrogen) atoms. The van der Waals surface area contributed by atoms with Crippen molar-refractivity contribution in [2.75, 3.05) is 36.5 Å². The van der Waals surface area contributed by atoms with Gasteiger partial charge in [0.15, 0.2) is 0 Å². The Balaban J connectivity index is 1.61. The van der Waals surface area contributed by atoms with Crippen LogP contribution in [0, 0.1) is 13.8 Å². The van der Waals surface area contributed by atoms with Crippen LogP contribution in [0.15, 0.2) is 30.3 Å². The number of nitrogens with one attached hydrogen (secondary N) is 2. The van der Waals surface area contributed by atoms with Crippen LogP contribution in [0.4, 0.5) is 16.3 Å². The zero-order valence-electron chi connectivity index (χ0n) is 14.6. The zero-order valence-corrected chi connectivity index (χ0v) is 14.6. The van der Waals surface area contributed by atoms with E-state index in [0.717, 1.165) is 35.9 Å². The van der Waals surface area contributed by atoms with Crippen LogP contribution >= 0.6 is 0 Å². The number of anilines is 2. The number of aromatic nitrogens is 2. The summed E-state index contributed by atoms with van der Waals surface area (Å²) in [4.78, 5) is 23.3.